The van der Waals surface area contributed by atoms with Gasteiger partial charge in [0.1, 0.15) is 31.0 Å². The summed E-state index contributed by atoms with van der Waals surface area (Å²) in [6, 6.07) is 3.83. The Bertz CT molecular complexity index is 1470. The van der Waals surface area contributed by atoms with Crippen LogP contribution in [0, 0.1) is 11.3 Å². The Morgan fingerprint density at radius 1 is 1.12 bits per heavy atom. The number of cyclic esters (lactones) is 1. The van der Waals surface area contributed by atoms with E-state index in [0.717, 1.165) is 64.3 Å². The van der Waals surface area contributed by atoms with Gasteiger partial charge >= 0.3 is 6.09 Å². The summed E-state index contributed by atoms with van der Waals surface area (Å²) in [7, 11) is 0. The van der Waals surface area contributed by atoms with Gasteiger partial charge in [-0.1, -0.05) is 69.5 Å². The molecule has 2 aliphatic carbocycles. The molecule has 2 unspecified atom stereocenters. The third-order valence-electron chi connectivity index (χ3n) is 10.9. The SMILES string of the molecule is C=CCC(NC(=O)[C@@H]1C[C@@H]2CN1C(=O)[C@H](C1CCCCC1)NC(=O)OCC(C)(C)CC/C=C/c1cccc3c1CN(COO2)C3)C(=O)NC1CC1. The minimum atomic E-state index is -0.932. The van der Waals surface area contributed by atoms with Crippen molar-refractivity contribution in [2.24, 2.45) is 11.3 Å². The predicted octanol–water partition coefficient (Wildman–Crippen LogP) is 4.73. The van der Waals surface area contributed by atoms with Crippen molar-refractivity contribution in [3.05, 3.63) is 53.6 Å². The Morgan fingerprint density at radius 3 is 2.69 bits per heavy atom. The maximum atomic E-state index is 14.6. The van der Waals surface area contributed by atoms with Crippen molar-refractivity contribution in [1.29, 1.82) is 0 Å². The fourth-order valence-corrected chi connectivity index (χ4v) is 7.73. The number of hydrogen-bond acceptors (Lipinski definition) is 8. The Balaban J connectivity index is 1.24. The van der Waals surface area contributed by atoms with E-state index in [4.69, 9.17) is 14.5 Å². The number of ether oxygens (including phenoxy) is 1. The van der Waals surface area contributed by atoms with Gasteiger partial charge in [-0.15, -0.1) is 6.58 Å². The van der Waals surface area contributed by atoms with Crippen molar-refractivity contribution in [3.8, 4) is 0 Å². The van der Waals surface area contributed by atoms with Crippen LogP contribution in [0.25, 0.3) is 6.08 Å². The van der Waals surface area contributed by atoms with E-state index in [1.807, 2.05) is 0 Å². The number of alkyl carbamates (subject to hydrolysis) is 1. The maximum absolute atomic E-state index is 14.6. The van der Waals surface area contributed by atoms with Crippen LogP contribution in [-0.2, 0) is 42.0 Å². The first-order chi connectivity index (χ1) is 24.6. The van der Waals surface area contributed by atoms with Gasteiger partial charge in [-0.3, -0.25) is 19.3 Å². The molecule has 12 heteroatoms. The van der Waals surface area contributed by atoms with E-state index in [-0.39, 0.29) is 61.9 Å². The van der Waals surface area contributed by atoms with Crippen molar-refractivity contribution in [2.75, 3.05) is 19.9 Å². The summed E-state index contributed by atoms with van der Waals surface area (Å²) in [6.07, 6.45) is 13.1. The molecule has 2 saturated carbocycles. The topological polar surface area (TPSA) is 139 Å². The number of fused-ring (bicyclic) bond motifs is 3. The molecule has 12 nitrogen and oxygen atoms in total. The lowest BCUT2D eigenvalue weighted by atomic mass is 9.83. The van der Waals surface area contributed by atoms with Gasteiger partial charge in [0.15, 0.2) is 0 Å². The van der Waals surface area contributed by atoms with Gasteiger partial charge in [-0.2, -0.15) is 0 Å². The number of nitrogens with zero attached hydrogens (tertiary/aromatic N) is 2. The van der Waals surface area contributed by atoms with Crippen LogP contribution in [0.1, 0.15) is 101 Å². The number of rotatable bonds is 7. The molecule has 5 atom stereocenters. The van der Waals surface area contributed by atoms with E-state index in [9.17, 15) is 19.2 Å². The standard InChI is InChI=1S/C39H55N5O7/c1-4-11-32(35(45)40-29-17-18-29)41-36(46)33-20-30-22-44(33)37(47)34(27-13-6-5-7-14-27)42-38(48)49-24-39(2,3)19-9-8-12-26-15-10-16-28-21-43(23-31(26)28)25-50-51-30/h4,8,10,12,15-16,27,29-30,32-34H,1,5-7,9,11,13-14,17-25H2,2-3H3,(H,40,45)(H,41,46)(H,42,48)/b12-8+/t30-,32?,33+,34+/m1/s1. The van der Waals surface area contributed by atoms with Gasteiger partial charge in [0.25, 0.3) is 0 Å². The summed E-state index contributed by atoms with van der Waals surface area (Å²) in [5, 5.41) is 8.78. The lowest BCUT2D eigenvalue weighted by molar-refractivity contribution is -0.340. The zero-order valence-corrected chi connectivity index (χ0v) is 30.2. The summed E-state index contributed by atoms with van der Waals surface area (Å²) in [5.41, 5.74) is 3.38. The summed E-state index contributed by atoms with van der Waals surface area (Å²) in [5.74, 6) is -1.18. The van der Waals surface area contributed by atoms with Crippen LogP contribution in [0.2, 0.25) is 0 Å². The fourth-order valence-electron chi connectivity index (χ4n) is 7.73. The monoisotopic (exact) mass is 705 g/mol. The molecule has 3 fully saturated rings. The van der Waals surface area contributed by atoms with Crippen molar-refractivity contribution < 1.29 is 33.7 Å². The zero-order chi connectivity index (χ0) is 36.0. The number of benzene rings is 1. The maximum Gasteiger partial charge on any atom is 0.407 e. The lowest BCUT2D eigenvalue weighted by Gasteiger charge is -2.34. The largest absolute Gasteiger partial charge is 0.449 e. The highest BCUT2D eigenvalue weighted by Crippen LogP contribution is 2.32. The van der Waals surface area contributed by atoms with E-state index in [2.05, 4.69) is 71.6 Å². The van der Waals surface area contributed by atoms with E-state index >= 15 is 0 Å². The van der Waals surface area contributed by atoms with Gasteiger partial charge in [-0.05, 0) is 73.0 Å². The van der Waals surface area contributed by atoms with Crippen LogP contribution in [-0.4, -0.2) is 83.8 Å². The van der Waals surface area contributed by atoms with Crippen molar-refractivity contribution >= 4 is 29.9 Å². The van der Waals surface area contributed by atoms with Crippen LogP contribution < -0.4 is 16.0 Å². The second kappa shape index (κ2) is 16.7. The van der Waals surface area contributed by atoms with Crippen LogP contribution in [0.15, 0.2) is 36.9 Å². The second-order valence-electron chi connectivity index (χ2n) is 15.7. The quantitative estimate of drug-likeness (QED) is 0.274. The third-order valence-corrected chi connectivity index (χ3v) is 10.9. The first-order valence-electron chi connectivity index (χ1n) is 18.8. The van der Waals surface area contributed by atoms with Crippen molar-refractivity contribution in [3.63, 3.8) is 0 Å². The van der Waals surface area contributed by atoms with Gasteiger partial charge in [0.2, 0.25) is 17.7 Å². The first kappa shape index (κ1) is 37.0. The van der Waals surface area contributed by atoms with Crippen LogP contribution in [0.5, 0.6) is 0 Å². The number of carbonyl (C=O) groups is 4. The molecule has 6 rings (SSSR count). The van der Waals surface area contributed by atoms with Gasteiger partial charge in [-0.25, -0.2) is 14.6 Å². The second-order valence-corrected chi connectivity index (χ2v) is 15.7. The van der Waals surface area contributed by atoms with Crippen LogP contribution in [0.4, 0.5) is 4.79 Å². The van der Waals surface area contributed by atoms with Gasteiger partial charge in [0.05, 0.1) is 13.2 Å². The predicted molar refractivity (Wildman–Crippen MR) is 191 cm³/mol. The van der Waals surface area contributed by atoms with E-state index in [0.29, 0.717) is 6.54 Å². The highest BCUT2D eigenvalue weighted by Gasteiger charge is 2.46. The van der Waals surface area contributed by atoms with Crippen LogP contribution >= 0.6 is 0 Å². The summed E-state index contributed by atoms with van der Waals surface area (Å²) in [4.78, 5) is 70.3. The van der Waals surface area contributed by atoms with Gasteiger partial charge in [0, 0.05) is 25.6 Å². The summed E-state index contributed by atoms with van der Waals surface area (Å²) < 4.78 is 5.77. The number of amides is 4. The molecule has 0 radical (unpaired) electrons. The molecule has 4 bridgehead atoms. The molecule has 3 heterocycles. The zero-order valence-electron chi connectivity index (χ0n) is 30.2. The lowest BCUT2D eigenvalue weighted by Crippen LogP contribution is -2.58. The minimum Gasteiger partial charge on any atom is -0.449 e. The molecule has 51 heavy (non-hydrogen) atoms. The highest BCUT2D eigenvalue weighted by atomic mass is 17.2. The van der Waals surface area contributed by atoms with Crippen molar-refractivity contribution in [1.82, 2.24) is 25.8 Å². The number of allylic oxidation sites excluding steroid dienone is 1. The van der Waals surface area contributed by atoms with Crippen molar-refractivity contribution in [2.45, 2.75) is 128 Å². The molecular formula is C39H55N5O7. The Kier molecular flexibility index (Phi) is 12.1. The number of carbonyl (C=O) groups excluding carboxylic acids is 4. The molecule has 0 spiro atoms. The smallest absolute Gasteiger partial charge is 0.407 e. The Labute approximate surface area is 301 Å². The molecule has 278 valence electrons. The Morgan fingerprint density at radius 2 is 1.92 bits per heavy atom. The average molecular weight is 706 g/mol. The number of nitrogens with one attached hydrogen (secondary N) is 3. The third kappa shape index (κ3) is 9.78. The van der Waals surface area contributed by atoms with Gasteiger partial charge < -0.3 is 25.6 Å². The van der Waals surface area contributed by atoms with E-state index in [1.54, 1.807) is 6.08 Å². The molecular weight excluding hydrogens is 650 g/mol. The normalized spacial score (nSPS) is 28.8. The molecule has 3 aliphatic heterocycles. The minimum absolute atomic E-state index is 0.0967. The summed E-state index contributed by atoms with van der Waals surface area (Å²) >= 11 is 0. The molecule has 1 saturated heterocycles. The first-order valence-corrected chi connectivity index (χ1v) is 18.8. The van der Waals surface area contributed by atoms with Crippen LogP contribution in [0.3, 0.4) is 0 Å². The molecule has 5 aliphatic rings. The number of hydrogen-bond donors (Lipinski definition) is 3. The molecule has 3 N–H and O–H groups in total. The molecule has 4 amide bonds. The molecule has 1 aromatic rings. The highest BCUT2D eigenvalue weighted by molar-refractivity contribution is 5.94. The van der Waals surface area contributed by atoms with E-state index in [1.165, 1.54) is 21.6 Å². The molecule has 0 aromatic heterocycles. The Hall–Kier alpha value is -3.74. The average Bonchev–Trinajstić information content (AvgIpc) is 3.66. The van der Waals surface area contributed by atoms with E-state index < -0.39 is 36.2 Å². The fraction of sp³-hybridized carbons (Fsp3) is 0.641. The molecule has 1 aromatic carbocycles. The summed E-state index contributed by atoms with van der Waals surface area (Å²) in [6.45, 7) is 9.87.